The Balaban J connectivity index is 3.09. The lowest BCUT2D eigenvalue weighted by molar-refractivity contribution is -0.130. The Morgan fingerprint density at radius 3 is 2.44 bits per heavy atom. The predicted molar refractivity (Wildman–Crippen MR) is 68.2 cm³/mol. The molecule has 1 rings (SSSR count). The molecule has 2 nitrogen and oxygen atoms in total. The third-order valence-electron chi connectivity index (χ3n) is 2.21. The van der Waals surface area contributed by atoms with Gasteiger partial charge in [-0.25, -0.2) is 0 Å². The number of carbonyl (C=O) groups excluding carboxylic acids is 1. The smallest absolute Gasteiger partial charge is 0.306 e. The highest BCUT2D eigenvalue weighted by Crippen LogP contribution is 2.29. The summed E-state index contributed by atoms with van der Waals surface area (Å²) in [4.78, 5) is 12.6. The van der Waals surface area contributed by atoms with Gasteiger partial charge in [0, 0.05) is 34.8 Å². The van der Waals surface area contributed by atoms with Gasteiger partial charge in [-0.2, -0.15) is 8.78 Å². The highest BCUT2D eigenvalue weighted by Gasteiger charge is 2.39. The quantitative estimate of drug-likeness (QED) is 0.611. The molecule has 0 saturated heterocycles. The van der Waals surface area contributed by atoms with Gasteiger partial charge in [-0.3, -0.25) is 4.79 Å². The number of hydrogen-bond acceptors (Lipinski definition) is 1. The van der Waals surface area contributed by atoms with Crippen LogP contribution in [-0.4, -0.2) is 16.4 Å². The van der Waals surface area contributed by atoms with Crippen molar-refractivity contribution in [1.82, 2.24) is 0 Å². The number of hydrogen-bond donors (Lipinski definition) is 0. The van der Waals surface area contributed by atoms with Gasteiger partial charge in [0.15, 0.2) is 0 Å². The molecule has 1 amide bonds. The van der Waals surface area contributed by atoms with Gasteiger partial charge in [-0.1, -0.05) is 18.2 Å². The molecule has 5 heteroatoms. The Labute approximate surface area is 107 Å². The van der Waals surface area contributed by atoms with Gasteiger partial charge in [0.1, 0.15) is 0 Å². The minimum Gasteiger partial charge on any atom is -0.306 e. The fourth-order valence-corrected chi connectivity index (χ4v) is 1.73. The second-order valence-electron chi connectivity index (χ2n) is 3.33. The van der Waals surface area contributed by atoms with Crippen molar-refractivity contribution in [3.63, 3.8) is 0 Å². The molecule has 1 aromatic rings. The Hall–Kier alpha value is -0.720. The number of para-hydroxylation sites is 1. The predicted octanol–water partition coefficient (Wildman–Crippen LogP) is 3.38. The van der Waals surface area contributed by atoms with Gasteiger partial charge in [0.25, 0.3) is 0 Å². The summed E-state index contributed by atoms with van der Waals surface area (Å²) in [7, 11) is 0. The molecule has 0 aliphatic rings. The van der Waals surface area contributed by atoms with E-state index >= 15 is 0 Å². The van der Waals surface area contributed by atoms with E-state index in [2.05, 4.69) is 0 Å². The highest BCUT2D eigenvalue weighted by molar-refractivity contribution is 14.1. The van der Waals surface area contributed by atoms with Crippen molar-refractivity contribution >= 4 is 34.2 Å². The van der Waals surface area contributed by atoms with E-state index in [4.69, 9.17) is 0 Å². The summed E-state index contributed by atoms with van der Waals surface area (Å²) in [6.45, 7) is 3.69. The topological polar surface area (TPSA) is 20.3 Å². The Morgan fingerprint density at radius 1 is 1.44 bits per heavy atom. The van der Waals surface area contributed by atoms with Crippen molar-refractivity contribution in [2.24, 2.45) is 0 Å². The molecule has 0 atom stereocenters. The third kappa shape index (κ3) is 2.90. The SMILES string of the molecule is CCN(C(=O)C(F)(F)I)c1ccccc1C. The Bertz CT molecular complexity index is 390. The number of nitrogens with zero attached hydrogens (tertiary/aromatic N) is 1. The van der Waals surface area contributed by atoms with Crippen molar-refractivity contribution in [3.05, 3.63) is 29.8 Å². The van der Waals surface area contributed by atoms with Gasteiger partial charge < -0.3 is 4.90 Å². The number of aryl methyl sites for hydroxylation is 1. The van der Waals surface area contributed by atoms with E-state index in [1.54, 1.807) is 38.1 Å². The van der Waals surface area contributed by atoms with Gasteiger partial charge in [0.2, 0.25) is 0 Å². The minimum atomic E-state index is -3.37. The maximum absolute atomic E-state index is 13.0. The first-order valence-corrected chi connectivity index (χ1v) is 5.90. The fourth-order valence-electron chi connectivity index (χ4n) is 1.44. The van der Waals surface area contributed by atoms with Gasteiger partial charge in [-0.15, -0.1) is 0 Å². The summed E-state index contributed by atoms with van der Waals surface area (Å²) >= 11 is 0.855. The van der Waals surface area contributed by atoms with Crippen LogP contribution >= 0.6 is 22.6 Å². The third-order valence-corrected chi connectivity index (χ3v) is 2.67. The Kier molecular flexibility index (Phi) is 4.23. The molecule has 1 aromatic carbocycles. The second kappa shape index (κ2) is 5.07. The van der Waals surface area contributed by atoms with Crippen molar-refractivity contribution in [2.75, 3.05) is 11.4 Å². The van der Waals surface area contributed by atoms with Crippen LogP contribution in [-0.2, 0) is 4.79 Å². The first-order valence-electron chi connectivity index (χ1n) is 4.82. The van der Waals surface area contributed by atoms with E-state index in [1.165, 1.54) is 0 Å². The van der Waals surface area contributed by atoms with Crippen LogP contribution in [0.5, 0.6) is 0 Å². The number of alkyl halides is 3. The molecule has 0 aliphatic heterocycles. The van der Waals surface area contributed by atoms with Crippen LogP contribution in [0, 0.1) is 6.92 Å². The molecule has 0 radical (unpaired) electrons. The molecule has 0 spiro atoms. The van der Waals surface area contributed by atoms with E-state index in [-0.39, 0.29) is 6.54 Å². The maximum atomic E-state index is 13.0. The zero-order valence-corrected chi connectivity index (χ0v) is 11.2. The lowest BCUT2D eigenvalue weighted by Crippen LogP contribution is -2.40. The number of rotatable bonds is 3. The van der Waals surface area contributed by atoms with E-state index in [1.807, 2.05) is 0 Å². The van der Waals surface area contributed by atoms with E-state index in [0.29, 0.717) is 5.69 Å². The molecule has 0 bridgehead atoms. The van der Waals surface area contributed by atoms with E-state index in [0.717, 1.165) is 33.1 Å². The summed E-state index contributed by atoms with van der Waals surface area (Å²) < 4.78 is 22.6. The molecule has 88 valence electrons. The molecule has 0 saturated carbocycles. The first kappa shape index (κ1) is 13.3. The average molecular weight is 339 g/mol. The van der Waals surface area contributed by atoms with Crippen molar-refractivity contribution in [2.45, 2.75) is 17.8 Å². The summed E-state index contributed by atoms with van der Waals surface area (Å²) in [5, 5.41) is 0. The molecular weight excluding hydrogens is 327 g/mol. The van der Waals surface area contributed by atoms with Crippen LogP contribution in [0.15, 0.2) is 24.3 Å². The van der Waals surface area contributed by atoms with Crippen molar-refractivity contribution in [1.29, 1.82) is 0 Å². The van der Waals surface area contributed by atoms with E-state index < -0.39 is 9.84 Å². The Morgan fingerprint density at radius 2 is 2.00 bits per heavy atom. The molecular formula is C11H12F2INO. The van der Waals surface area contributed by atoms with Crippen LogP contribution in [0.25, 0.3) is 0 Å². The normalized spacial score (nSPS) is 11.3. The summed E-state index contributed by atoms with van der Waals surface area (Å²) in [6, 6.07) is 6.98. The minimum absolute atomic E-state index is 0.224. The zero-order chi connectivity index (χ0) is 12.3. The zero-order valence-electron chi connectivity index (χ0n) is 9.01. The number of benzene rings is 1. The second-order valence-corrected chi connectivity index (χ2v) is 4.69. The van der Waals surface area contributed by atoms with E-state index in [9.17, 15) is 13.6 Å². The number of amides is 1. The van der Waals surface area contributed by atoms with Gasteiger partial charge >= 0.3 is 9.84 Å². The van der Waals surface area contributed by atoms with Gasteiger partial charge in [-0.05, 0) is 25.5 Å². The molecule has 0 N–H and O–H groups in total. The highest BCUT2D eigenvalue weighted by atomic mass is 127. The average Bonchev–Trinajstić information content (AvgIpc) is 2.20. The monoisotopic (exact) mass is 339 g/mol. The van der Waals surface area contributed by atoms with Crippen LogP contribution in [0.4, 0.5) is 14.5 Å². The molecule has 0 aliphatic carbocycles. The van der Waals surface area contributed by atoms with Crippen LogP contribution in [0.2, 0.25) is 0 Å². The fraction of sp³-hybridized carbons (Fsp3) is 0.364. The first-order chi connectivity index (χ1) is 7.38. The largest absolute Gasteiger partial charge is 0.373 e. The number of carbonyl (C=O) groups is 1. The maximum Gasteiger partial charge on any atom is 0.373 e. The summed E-state index contributed by atoms with van der Waals surface area (Å²) in [5.41, 5.74) is 1.34. The standard InChI is InChI=1S/C11H12F2INO/c1-3-15(10(16)11(12,13)14)9-7-5-4-6-8(9)2/h4-7H,3H2,1-2H3. The lowest BCUT2D eigenvalue weighted by atomic mass is 10.2. The lowest BCUT2D eigenvalue weighted by Gasteiger charge is -2.24. The molecule has 16 heavy (non-hydrogen) atoms. The summed E-state index contributed by atoms with van der Waals surface area (Å²) in [6.07, 6.45) is 0. The van der Waals surface area contributed by atoms with Crippen LogP contribution in [0.3, 0.4) is 0 Å². The molecule has 0 heterocycles. The number of halogens is 3. The van der Waals surface area contributed by atoms with Crippen molar-refractivity contribution in [3.8, 4) is 0 Å². The number of anilines is 1. The molecule has 0 aromatic heterocycles. The molecule has 0 fully saturated rings. The van der Waals surface area contributed by atoms with Gasteiger partial charge in [0.05, 0.1) is 0 Å². The van der Waals surface area contributed by atoms with Crippen LogP contribution in [0.1, 0.15) is 12.5 Å². The molecule has 0 unspecified atom stereocenters. The summed E-state index contributed by atoms with van der Waals surface area (Å²) in [5.74, 6) is -1.18. The van der Waals surface area contributed by atoms with Crippen molar-refractivity contribution < 1.29 is 13.6 Å². The van der Waals surface area contributed by atoms with Crippen LogP contribution < -0.4 is 4.90 Å².